The summed E-state index contributed by atoms with van der Waals surface area (Å²) in [5.74, 6) is 1.12. The fourth-order valence-electron chi connectivity index (χ4n) is 2.87. The van der Waals surface area contributed by atoms with Crippen molar-refractivity contribution in [2.45, 2.75) is 6.42 Å². The molecule has 0 aliphatic heterocycles. The van der Waals surface area contributed by atoms with E-state index in [0.29, 0.717) is 18.1 Å². The van der Waals surface area contributed by atoms with Gasteiger partial charge in [-0.15, -0.1) is 0 Å². The van der Waals surface area contributed by atoms with Gasteiger partial charge in [0.2, 0.25) is 11.7 Å². The smallest absolute Gasteiger partial charge is 0.231 e. The Balaban J connectivity index is 1.38. The first-order chi connectivity index (χ1) is 12.8. The Hall–Kier alpha value is -3.74. The van der Waals surface area contributed by atoms with Gasteiger partial charge in [-0.3, -0.25) is 0 Å². The SMILES string of the molecule is c1ccc(-n2cc(Cc3nc(-c4ccc5nc[nH]c5c4)no3)cn2)cc1. The number of hydrogen-bond donors (Lipinski definition) is 1. The highest BCUT2D eigenvalue weighted by molar-refractivity contribution is 5.79. The Morgan fingerprint density at radius 3 is 2.92 bits per heavy atom. The third-order valence-corrected chi connectivity index (χ3v) is 4.16. The Kier molecular flexibility index (Phi) is 3.35. The molecular weight excluding hydrogens is 328 g/mol. The number of imidazole rings is 1. The van der Waals surface area contributed by atoms with Crippen LogP contribution in [0.3, 0.4) is 0 Å². The average Bonchev–Trinajstić information content (AvgIpc) is 3.43. The van der Waals surface area contributed by atoms with E-state index in [1.54, 1.807) is 6.33 Å². The van der Waals surface area contributed by atoms with E-state index in [4.69, 9.17) is 4.52 Å². The highest BCUT2D eigenvalue weighted by atomic mass is 16.5. The molecule has 0 radical (unpaired) electrons. The van der Waals surface area contributed by atoms with Crippen molar-refractivity contribution in [1.29, 1.82) is 0 Å². The number of fused-ring (bicyclic) bond motifs is 1. The monoisotopic (exact) mass is 342 g/mol. The average molecular weight is 342 g/mol. The van der Waals surface area contributed by atoms with Gasteiger partial charge in [-0.05, 0) is 35.9 Å². The van der Waals surface area contributed by atoms with Gasteiger partial charge in [0.15, 0.2) is 0 Å². The summed E-state index contributed by atoms with van der Waals surface area (Å²) in [5.41, 5.74) is 4.76. The molecule has 0 atom stereocenters. The first-order valence-corrected chi connectivity index (χ1v) is 8.20. The lowest BCUT2D eigenvalue weighted by Crippen LogP contribution is -1.93. The molecule has 0 unspecified atom stereocenters. The van der Waals surface area contributed by atoms with E-state index in [0.717, 1.165) is 27.8 Å². The third-order valence-electron chi connectivity index (χ3n) is 4.16. The topological polar surface area (TPSA) is 85.4 Å². The molecule has 0 spiro atoms. The number of benzene rings is 2. The molecule has 5 aromatic rings. The van der Waals surface area contributed by atoms with Crippen LogP contribution in [0.1, 0.15) is 11.5 Å². The molecular formula is C19H14N6O. The van der Waals surface area contributed by atoms with Crippen LogP contribution >= 0.6 is 0 Å². The molecule has 1 N–H and O–H groups in total. The predicted octanol–water partition coefficient (Wildman–Crippen LogP) is 3.39. The Morgan fingerprint density at radius 2 is 2.00 bits per heavy atom. The van der Waals surface area contributed by atoms with Gasteiger partial charge in [0.25, 0.3) is 0 Å². The van der Waals surface area contributed by atoms with Crippen molar-refractivity contribution in [2.24, 2.45) is 0 Å². The van der Waals surface area contributed by atoms with Gasteiger partial charge >= 0.3 is 0 Å². The van der Waals surface area contributed by atoms with Crippen molar-refractivity contribution in [3.8, 4) is 17.1 Å². The second-order valence-electron chi connectivity index (χ2n) is 5.95. The maximum atomic E-state index is 5.41. The summed E-state index contributed by atoms with van der Waals surface area (Å²) >= 11 is 0. The quantitative estimate of drug-likeness (QED) is 0.541. The highest BCUT2D eigenvalue weighted by Gasteiger charge is 2.11. The van der Waals surface area contributed by atoms with Gasteiger partial charge in [-0.2, -0.15) is 10.1 Å². The molecule has 3 heterocycles. The van der Waals surface area contributed by atoms with Crippen LogP contribution in [0.4, 0.5) is 0 Å². The molecule has 0 bridgehead atoms. The molecule has 26 heavy (non-hydrogen) atoms. The lowest BCUT2D eigenvalue weighted by atomic mass is 10.2. The van der Waals surface area contributed by atoms with E-state index in [-0.39, 0.29) is 0 Å². The standard InChI is InChI=1S/C19H14N6O/c1-2-4-15(5-3-1)25-11-13(10-22-25)8-18-23-19(24-26-18)14-6-7-16-17(9-14)21-12-20-16/h1-7,9-12H,8H2,(H,20,21). The minimum absolute atomic E-state index is 0.534. The number of rotatable bonds is 4. The maximum absolute atomic E-state index is 5.41. The summed E-state index contributed by atoms with van der Waals surface area (Å²) in [6.07, 6.45) is 5.98. The van der Waals surface area contributed by atoms with Gasteiger partial charge in [-0.25, -0.2) is 9.67 Å². The van der Waals surface area contributed by atoms with Gasteiger partial charge in [0.05, 0.1) is 35.7 Å². The van der Waals surface area contributed by atoms with E-state index in [1.165, 1.54) is 0 Å². The molecule has 7 nitrogen and oxygen atoms in total. The Bertz CT molecular complexity index is 1170. The number of aromatic nitrogens is 6. The van der Waals surface area contributed by atoms with Gasteiger partial charge in [-0.1, -0.05) is 23.4 Å². The molecule has 5 rings (SSSR count). The summed E-state index contributed by atoms with van der Waals surface area (Å²) in [6.45, 7) is 0. The molecule has 126 valence electrons. The van der Waals surface area contributed by atoms with Crippen molar-refractivity contribution < 1.29 is 4.52 Å². The number of nitrogens with one attached hydrogen (secondary N) is 1. The van der Waals surface area contributed by atoms with Crippen molar-refractivity contribution in [2.75, 3.05) is 0 Å². The van der Waals surface area contributed by atoms with Crippen LogP contribution in [0, 0.1) is 0 Å². The van der Waals surface area contributed by atoms with E-state index in [1.807, 2.05) is 65.6 Å². The minimum Gasteiger partial charge on any atom is -0.345 e. The van der Waals surface area contributed by atoms with E-state index in [9.17, 15) is 0 Å². The first kappa shape index (κ1) is 14.6. The van der Waals surface area contributed by atoms with Gasteiger partial charge in [0.1, 0.15) is 0 Å². The molecule has 0 amide bonds. The molecule has 0 saturated carbocycles. The van der Waals surface area contributed by atoms with Crippen molar-refractivity contribution in [3.05, 3.63) is 78.7 Å². The number of aromatic amines is 1. The van der Waals surface area contributed by atoms with Crippen molar-refractivity contribution in [1.82, 2.24) is 29.9 Å². The van der Waals surface area contributed by atoms with Crippen molar-refractivity contribution >= 4 is 11.0 Å². The summed E-state index contributed by atoms with van der Waals surface area (Å²) in [5, 5.41) is 8.48. The minimum atomic E-state index is 0.534. The Morgan fingerprint density at radius 1 is 1.08 bits per heavy atom. The number of H-pyrrole nitrogens is 1. The maximum Gasteiger partial charge on any atom is 0.231 e. The molecule has 2 aromatic carbocycles. The number of para-hydroxylation sites is 1. The summed E-state index contributed by atoms with van der Waals surface area (Å²) in [7, 11) is 0. The molecule has 3 aromatic heterocycles. The highest BCUT2D eigenvalue weighted by Crippen LogP contribution is 2.21. The predicted molar refractivity (Wildman–Crippen MR) is 95.8 cm³/mol. The van der Waals surface area contributed by atoms with Crippen LogP contribution in [0.15, 0.2) is 71.8 Å². The van der Waals surface area contributed by atoms with Crippen LogP contribution in [0.2, 0.25) is 0 Å². The summed E-state index contributed by atoms with van der Waals surface area (Å²) in [4.78, 5) is 11.8. The van der Waals surface area contributed by atoms with Crippen LogP contribution in [0.5, 0.6) is 0 Å². The van der Waals surface area contributed by atoms with E-state index < -0.39 is 0 Å². The van der Waals surface area contributed by atoms with Crippen LogP contribution in [0.25, 0.3) is 28.1 Å². The fourth-order valence-corrected chi connectivity index (χ4v) is 2.87. The second-order valence-corrected chi connectivity index (χ2v) is 5.95. The first-order valence-electron chi connectivity index (χ1n) is 8.20. The van der Waals surface area contributed by atoms with Crippen LogP contribution in [-0.4, -0.2) is 29.9 Å². The normalized spacial score (nSPS) is 11.2. The third kappa shape index (κ3) is 2.65. The van der Waals surface area contributed by atoms with Gasteiger partial charge < -0.3 is 9.51 Å². The molecule has 0 saturated heterocycles. The summed E-state index contributed by atoms with van der Waals surface area (Å²) in [6, 6.07) is 15.8. The molecule has 0 aliphatic carbocycles. The lowest BCUT2D eigenvalue weighted by molar-refractivity contribution is 0.385. The van der Waals surface area contributed by atoms with Crippen LogP contribution < -0.4 is 0 Å². The van der Waals surface area contributed by atoms with Crippen LogP contribution in [-0.2, 0) is 6.42 Å². The van der Waals surface area contributed by atoms with E-state index in [2.05, 4.69) is 25.2 Å². The zero-order chi connectivity index (χ0) is 17.3. The zero-order valence-electron chi connectivity index (χ0n) is 13.7. The molecule has 7 heteroatoms. The fraction of sp³-hybridized carbons (Fsp3) is 0.0526. The second kappa shape index (κ2) is 5.96. The lowest BCUT2D eigenvalue weighted by Gasteiger charge is -1.98. The number of hydrogen-bond acceptors (Lipinski definition) is 5. The Labute approximate surface area is 148 Å². The molecule has 0 aliphatic rings. The largest absolute Gasteiger partial charge is 0.345 e. The molecule has 0 fully saturated rings. The number of nitrogens with zero attached hydrogens (tertiary/aromatic N) is 5. The van der Waals surface area contributed by atoms with E-state index >= 15 is 0 Å². The summed E-state index contributed by atoms with van der Waals surface area (Å²) < 4.78 is 7.24. The van der Waals surface area contributed by atoms with Crippen molar-refractivity contribution in [3.63, 3.8) is 0 Å². The zero-order valence-corrected chi connectivity index (χ0v) is 13.7. The van der Waals surface area contributed by atoms with Gasteiger partial charge in [0, 0.05) is 11.8 Å².